The standard InChI is InChI=1S/C14H11Br2N/c1-14(2,8-17)9-4-3-5-10-11(6-9)13(16)7-12(10)15/h3-7H,1-2H3. The van der Waals surface area contributed by atoms with Crippen molar-refractivity contribution in [2.75, 3.05) is 0 Å². The third-order valence-electron chi connectivity index (χ3n) is 2.90. The topological polar surface area (TPSA) is 23.8 Å². The molecule has 2 aliphatic carbocycles. The van der Waals surface area contributed by atoms with Crippen LogP contribution in [0.1, 0.15) is 19.4 Å². The fourth-order valence-electron chi connectivity index (χ4n) is 1.75. The molecular weight excluding hydrogens is 342 g/mol. The maximum Gasteiger partial charge on any atom is 0.0766 e. The Bertz CT molecular complexity index is 582. The van der Waals surface area contributed by atoms with Crippen molar-refractivity contribution >= 4 is 31.9 Å². The van der Waals surface area contributed by atoms with Gasteiger partial charge in [0.15, 0.2) is 0 Å². The van der Waals surface area contributed by atoms with Gasteiger partial charge in [-0.25, -0.2) is 0 Å². The number of nitriles is 1. The van der Waals surface area contributed by atoms with Crippen LogP contribution < -0.4 is 0 Å². The SMILES string of the molecule is CC(C)(C#N)c1cccc2c(Br)cc(Br)c-2c1. The highest BCUT2D eigenvalue weighted by Gasteiger charge is 2.21. The Morgan fingerprint density at radius 3 is 2.35 bits per heavy atom. The predicted molar refractivity (Wildman–Crippen MR) is 77.1 cm³/mol. The van der Waals surface area contributed by atoms with Gasteiger partial charge in [0.2, 0.25) is 0 Å². The maximum atomic E-state index is 9.20. The molecule has 3 heteroatoms. The first kappa shape index (κ1) is 12.6. The summed E-state index contributed by atoms with van der Waals surface area (Å²) in [6, 6.07) is 12.5. The van der Waals surface area contributed by atoms with Gasteiger partial charge in [-0.05, 0) is 42.7 Å². The Labute approximate surface area is 118 Å². The highest BCUT2D eigenvalue weighted by molar-refractivity contribution is 9.11. The zero-order valence-electron chi connectivity index (χ0n) is 9.59. The van der Waals surface area contributed by atoms with Crippen molar-refractivity contribution in [2.24, 2.45) is 0 Å². The molecule has 2 rings (SSSR count). The molecule has 0 saturated heterocycles. The summed E-state index contributed by atoms with van der Waals surface area (Å²) < 4.78 is 2.11. The van der Waals surface area contributed by atoms with Gasteiger partial charge >= 0.3 is 0 Å². The van der Waals surface area contributed by atoms with E-state index in [-0.39, 0.29) is 0 Å². The van der Waals surface area contributed by atoms with Crippen LogP contribution in [-0.4, -0.2) is 0 Å². The second-order valence-corrected chi connectivity index (χ2v) is 6.24. The van der Waals surface area contributed by atoms with E-state index in [1.165, 1.54) is 0 Å². The van der Waals surface area contributed by atoms with E-state index in [0.717, 1.165) is 25.6 Å². The molecule has 86 valence electrons. The van der Waals surface area contributed by atoms with Crippen LogP contribution in [0.15, 0.2) is 39.3 Å². The largest absolute Gasteiger partial charge is 0.197 e. The number of nitrogens with zero attached hydrogens (tertiary/aromatic N) is 1. The monoisotopic (exact) mass is 351 g/mol. The average molecular weight is 353 g/mol. The number of fused-ring (bicyclic) bond motifs is 1. The lowest BCUT2D eigenvalue weighted by Crippen LogP contribution is -2.12. The highest BCUT2D eigenvalue weighted by Crippen LogP contribution is 2.40. The van der Waals surface area contributed by atoms with Crippen molar-refractivity contribution in [2.45, 2.75) is 19.3 Å². The summed E-state index contributed by atoms with van der Waals surface area (Å²) in [6.07, 6.45) is 0. The fraction of sp³-hybridized carbons (Fsp3) is 0.214. The first-order valence-electron chi connectivity index (χ1n) is 5.25. The molecule has 0 saturated carbocycles. The molecule has 0 aliphatic heterocycles. The van der Waals surface area contributed by atoms with Crippen LogP contribution in [0.25, 0.3) is 11.1 Å². The van der Waals surface area contributed by atoms with Gasteiger partial charge in [0.1, 0.15) is 0 Å². The molecule has 0 unspecified atom stereocenters. The molecule has 0 N–H and O–H groups in total. The van der Waals surface area contributed by atoms with E-state index in [2.05, 4.69) is 50.1 Å². The van der Waals surface area contributed by atoms with E-state index in [1.54, 1.807) is 0 Å². The second-order valence-electron chi connectivity index (χ2n) is 4.53. The Hall–Kier alpha value is -0.850. The summed E-state index contributed by atoms with van der Waals surface area (Å²) in [7, 11) is 0. The maximum absolute atomic E-state index is 9.20. The normalized spacial score (nSPS) is 11.5. The van der Waals surface area contributed by atoms with Crippen LogP contribution >= 0.6 is 31.9 Å². The van der Waals surface area contributed by atoms with Gasteiger partial charge < -0.3 is 0 Å². The minimum atomic E-state index is -0.477. The molecule has 0 bridgehead atoms. The molecule has 0 aromatic heterocycles. The summed E-state index contributed by atoms with van der Waals surface area (Å²) in [6.45, 7) is 3.86. The van der Waals surface area contributed by atoms with Gasteiger partial charge in [-0.15, -0.1) is 0 Å². The predicted octanol–water partition coefficient (Wildman–Crippen LogP) is 5.12. The smallest absolute Gasteiger partial charge is 0.0766 e. The Kier molecular flexibility index (Phi) is 3.29. The van der Waals surface area contributed by atoms with Crippen molar-refractivity contribution in [3.8, 4) is 17.2 Å². The summed E-state index contributed by atoms with van der Waals surface area (Å²) in [4.78, 5) is 0. The number of hydrogen-bond donors (Lipinski definition) is 0. The van der Waals surface area contributed by atoms with E-state index in [4.69, 9.17) is 0 Å². The third-order valence-corrected chi connectivity index (χ3v) is 4.21. The molecule has 2 aliphatic rings. The highest BCUT2D eigenvalue weighted by atomic mass is 79.9. The van der Waals surface area contributed by atoms with Crippen molar-refractivity contribution < 1.29 is 0 Å². The minimum Gasteiger partial charge on any atom is -0.197 e. The molecule has 0 spiro atoms. The second kappa shape index (κ2) is 4.44. The van der Waals surface area contributed by atoms with Crippen molar-refractivity contribution in [3.05, 3.63) is 44.8 Å². The van der Waals surface area contributed by atoms with Crippen LogP contribution in [0.4, 0.5) is 0 Å². The Morgan fingerprint density at radius 2 is 1.71 bits per heavy atom. The van der Waals surface area contributed by atoms with Crippen LogP contribution in [0.3, 0.4) is 0 Å². The lowest BCUT2D eigenvalue weighted by molar-refractivity contribution is 0.688. The van der Waals surface area contributed by atoms with Gasteiger partial charge in [0.05, 0.1) is 11.5 Å². The first-order chi connectivity index (χ1) is 7.95. The van der Waals surface area contributed by atoms with E-state index in [0.29, 0.717) is 0 Å². The molecule has 0 heterocycles. The van der Waals surface area contributed by atoms with Gasteiger partial charge in [-0.1, -0.05) is 50.1 Å². The lowest BCUT2D eigenvalue weighted by Gasteiger charge is -2.14. The summed E-state index contributed by atoms with van der Waals surface area (Å²) in [5, 5.41) is 9.20. The van der Waals surface area contributed by atoms with Crippen LogP contribution in [0.2, 0.25) is 0 Å². The Balaban J connectivity index is 2.70. The summed E-state index contributed by atoms with van der Waals surface area (Å²) in [5.74, 6) is 0. The molecule has 0 aromatic carbocycles. The molecule has 0 radical (unpaired) electrons. The van der Waals surface area contributed by atoms with Gasteiger partial charge in [0.25, 0.3) is 0 Å². The quantitative estimate of drug-likeness (QED) is 0.698. The van der Waals surface area contributed by atoms with E-state index in [1.807, 2.05) is 32.0 Å². The van der Waals surface area contributed by atoms with Gasteiger partial charge in [0, 0.05) is 8.95 Å². The zero-order valence-corrected chi connectivity index (χ0v) is 12.8. The number of hydrogen-bond acceptors (Lipinski definition) is 1. The van der Waals surface area contributed by atoms with E-state index < -0.39 is 5.41 Å². The number of halogens is 2. The summed E-state index contributed by atoms with van der Waals surface area (Å²) >= 11 is 7.08. The van der Waals surface area contributed by atoms with Gasteiger partial charge in [-0.2, -0.15) is 5.26 Å². The van der Waals surface area contributed by atoms with Crippen LogP contribution in [0.5, 0.6) is 0 Å². The van der Waals surface area contributed by atoms with Crippen molar-refractivity contribution in [1.29, 1.82) is 5.26 Å². The average Bonchev–Trinajstić information content (AvgIpc) is 2.48. The summed E-state index contributed by atoms with van der Waals surface area (Å²) in [5.41, 5.74) is 2.82. The molecule has 0 aromatic rings. The van der Waals surface area contributed by atoms with Crippen molar-refractivity contribution in [3.63, 3.8) is 0 Å². The minimum absolute atomic E-state index is 0.477. The van der Waals surface area contributed by atoms with E-state index in [9.17, 15) is 5.26 Å². The number of rotatable bonds is 1. The van der Waals surface area contributed by atoms with E-state index >= 15 is 0 Å². The van der Waals surface area contributed by atoms with Crippen LogP contribution in [0, 0.1) is 11.3 Å². The first-order valence-corrected chi connectivity index (χ1v) is 6.84. The molecule has 0 amide bonds. The van der Waals surface area contributed by atoms with Crippen molar-refractivity contribution in [1.82, 2.24) is 0 Å². The Morgan fingerprint density at radius 1 is 1.06 bits per heavy atom. The zero-order chi connectivity index (χ0) is 12.6. The molecule has 0 atom stereocenters. The molecular formula is C14H11Br2N. The van der Waals surface area contributed by atoms with Crippen LogP contribution in [-0.2, 0) is 5.41 Å². The molecule has 1 nitrogen and oxygen atoms in total. The third kappa shape index (κ3) is 2.25. The molecule has 0 fully saturated rings. The lowest BCUT2D eigenvalue weighted by atomic mass is 9.87. The fourth-order valence-corrected chi connectivity index (χ4v) is 3.18. The van der Waals surface area contributed by atoms with Gasteiger partial charge in [-0.3, -0.25) is 0 Å². The molecule has 17 heavy (non-hydrogen) atoms.